The molecule has 2 fully saturated rings. The lowest BCUT2D eigenvalue weighted by Gasteiger charge is -2.39. The van der Waals surface area contributed by atoms with E-state index in [-0.39, 0.29) is 11.7 Å². The molecule has 7 nitrogen and oxygen atoms in total. The minimum atomic E-state index is -0.270. The van der Waals surface area contributed by atoms with Crippen molar-refractivity contribution in [2.45, 2.75) is 32.2 Å². The first-order valence-corrected chi connectivity index (χ1v) is 12.0. The van der Waals surface area contributed by atoms with Crippen LogP contribution in [0.15, 0.2) is 41.9 Å². The number of nitrogens with one attached hydrogen (secondary N) is 2. The summed E-state index contributed by atoms with van der Waals surface area (Å²) in [7, 11) is 1.62. The van der Waals surface area contributed by atoms with Crippen LogP contribution in [0.4, 0.5) is 15.8 Å². The second-order valence-electron chi connectivity index (χ2n) is 9.33. The van der Waals surface area contributed by atoms with Crippen molar-refractivity contribution in [3.8, 4) is 0 Å². The van der Waals surface area contributed by atoms with Crippen molar-refractivity contribution in [1.29, 1.82) is 0 Å². The number of rotatable bonds is 4. The quantitative estimate of drug-likeness (QED) is 0.728. The number of benzene rings is 1. The number of aromatic nitrogens is 1. The van der Waals surface area contributed by atoms with E-state index in [0.717, 1.165) is 79.6 Å². The summed E-state index contributed by atoms with van der Waals surface area (Å²) in [6.07, 6.45) is 3.30. The van der Waals surface area contributed by atoms with Gasteiger partial charge < -0.3 is 15.5 Å². The van der Waals surface area contributed by atoms with Gasteiger partial charge in [0, 0.05) is 56.4 Å². The topological polar surface area (TPSA) is 72.9 Å². The van der Waals surface area contributed by atoms with E-state index in [4.69, 9.17) is 4.99 Å². The number of amidine groups is 1. The molecule has 0 unspecified atom stereocenters. The Balaban J connectivity index is 1.20. The molecule has 3 heterocycles. The first-order chi connectivity index (χ1) is 16.4. The van der Waals surface area contributed by atoms with Crippen LogP contribution >= 0.6 is 0 Å². The molecular weight excluding hydrogens is 431 g/mol. The molecule has 8 heteroatoms. The van der Waals surface area contributed by atoms with Crippen LogP contribution in [-0.2, 0) is 0 Å². The zero-order valence-corrected chi connectivity index (χ0v) is 19.8. The maximum Gasteiger partial charge on any atom is 0.269 e. The van der Waals surface area contributed by atoms with Crippen LogP contribution in [-0.4, -0.2) is 60.9 Å². The van der Waals surface area contributed by atoms with Crippen molar-refractivity contribution in [3.05, 3.63) is 59.7 Å². The second-order valence-corrected chi connectivity index (χ2v) is 9.33. The molecule has 1 aliphatic carbocycles. The number of aryl methyl sites for hydroxylation is 1. The molecule has 1 aromatic heterocycles. The molecule has 1 saturated carbocycles. The SMILES string of the molecule is C=C1NC([C@@H]2CC[C@H](N3CCN(c4ccc(C(=O)NC)nc4C)CC3)C2)=Nc2ccc(F)cc21. The van der Waals surface area contributed by atoms with E-state index in [1.165, 1.54) is 12.1 Å². The van der Waals surface area contributed by atoms with E-state index in [9.17, 15) is 9.18 Å². The summed E-state index contributed by atoms with van der Waals surface area (Å²) < 4.78 is 13.6. The third kappa shape index (κ3) is 4.30. The fourth-order valence-electron chi connectivity index (χ4n) is 5.43. The maximum absolute atomic E-state index is 13.6. The van der Waals surface area contributed by atoms with Gasteiger partial charge in [-0.25, -0.2) is 14.4 Å². The Labute approximate surface area is 199 Å². The summed E-state index contributed by atoms with van der Waals surface area (Å²) in [6, 6.07) is 9.03. The first kappa shape index (κ1) is 22.5. The van der Waals surface area contributed by atoms with Gasteiger partial charge >= 0.3 is 0 Å². The van der Waals surface area contributed by atoms with Gasteiger partial charge in [0.2, 0.25) is 0 Å². The van der Waals surface area contributed by atoms with Crippen LogP contribution in [0.1, 0.15) is 41.0 Å². The van der Waals surface area contributed by atoms with Crippen molar-refractivity contribution < 1.29 is 9.18 Å². The van der Waals surface area contributed by atoms with Gasteiger partial charge in [-0.1, -0.05) is 6.58 Å². The molecule has 34 heavy (non-hydrogen) atoms. The highest BCUT2D eigenvalue weighted by molar-refractivity contribution is 5.99. The van der Waals surface area contributed by atoms with Crippen molar-refractivity contribution in [1.82, 2.24) is 20.5 Å². The highest BCUT2D eigenvalue weighted by Gasteiger charge is 2.35. The molecule has 2 aliphatic heterocycles. The van der Waals surface area contributed by atoms with Gasteiger partial charge in [0.15, 0.2) is 0 Å². The Morgan fingerprint density at radius 2 is 1.97 bits per heavy atom. The summed E-state index contributed by atoms with van der Waals surface area (Å²) >= 11 is 0. The molecular formula is C26H31FN6O. The Bertz CT molecular complexity index is 1150. The molecule has 1 saturated heterocycles. The van der Waals surface area contributed by atoms with Crippen LogP contribution in [0.2, 0.25) is 0 Å². The predicted molar refractivity (Wildman–Crippen MR) is 133 cm³/mol. The van der Waals surface area contributed by atoms with Crippen LogP contribution in [0.5, 0.6) is 0 Å². The zero-order valence-electron chi connectivity index (χ0n) is 19.8. The van der Waals surface area contributed by atoms with E-state index in [0.29, 0.717) is 17.7 Å². The molecule has 0 bridgehead atoms. The first-order valence-electron chi connectivity index (χ1n) is 12.0. The molecule has 2 atom stereocenters. The van der Waals surface area contributed by atoms with E-state index in [1.807, 2.05) is 13.0 Å². The fourth-order valence-corrected chi connectivity index (χ4v) is 5.43. The number of hydrogen-bond donors (Lipinski definition) is 2. The standard InChI is InChI=1S/C26H31FN6O/c1-16-21-15-19(27)5-7-22(21)31-25(30-16)18-4-6-20(14-18)32-10-12-33(13-11-32)24-9-8-23(26(34)28-3)29-17(24)2/h5,7-9,15,18,20H,1,4,6,10-14H2,2-3H3,(H,28,34)(H,30,31)/t18-,20+/m1/s1. The number of carbonyl (C=O) groups excluding carboxylic acids is 1. The molecule has 0 radical (unpaired) electrons. The molecule has 0 spiro atoms. The highest BCUT2D eigenvalue weighted by Crippen LogP contribution is 2.36. The number of piperazine rings is 1. The summed E-state index contributed by atoms with van der Waals surface area (Å²) in [6.45, 7) is 9.95. The lowest BCUT2D eigenvalue weighted by molar-refractivity contribution is 0.0958. The van der Waals surface area contributed by atoms with Crippen LogP contribution in [0, 0.1) is 18.7 Å². The van der Waals surface area contributed by atoms with E-state index >= 15 is 0 Å². The molecule has 2 aromatic rings. The number of halogens is 1. The normalized spacial score (nSPS) is 22.7. The van der Waals surface area contributed by atoms with Gasteiger partial charge in [0.25, 0.3) is 5.91 Å². The Kier molecular flexibility index (Phi) is 6.08. The van der Waals surface area contributed by atoms with Gasteiger partial charge in [-0.3, -0.25) is 9.69 Å². The molecule has 1 aromatic carbocycles. The maximum atomic E-state index is 13.6. The number of anilines is 1. The lowest BCUT2D eigenvalue weighted by Crippen LogP contribution is -2.50. The van der Waals surface area contributed by atoms with Crippen LogP contribution in [0.25, 0.3) is 5.70 Å². The second kappa shape index (κ2) is 9.18. The van der Waals surface area contributed by atoms with Crippen LogP contribution in [0.3, 0.4) is 0 Å². The average Bonchev–Trinajstić information content (AvgIpc) is 3.34. The van der Waals surface area contributed by atoms with Crippen molar-refractivity contribution in [3.63, 3.8) is 0 Å². The number of carbonyl (C=O) groups is 1. The van der Waals surface area contributed by atoms with Gasteiger partial charge in [0.1, 0.15) is 17.3 Å². The number of nitrogens with zero attached hydrogens (tertiary/aromatic N) is 4. The highest BCUT2D eigenvalue weighted by atomic mass is 19.1. The number of fused-ring (bicyclic) bond motifs is 1. The molecule has 1 amide bonds. The Morgan fingerprint density at radius 3 is 2.71 bits per heavy atom. The zero-order chi connectivity index (χ0) is 23.8. The number of hydrogen-bond acceptors (Lipinski definition) is 6. The van der Waals surface area contributed by atoms with Crippen molar-refractivity contribution >= 4 is 28.8 Å². The van der Waals surface area contributed by atoms with Gasteiger partial charge in [-0.2, -0.15) is 0 Å². The molecule has 178 valence electrons. The van der Waals surface area contributed by atoms with E-state index in [2.05, 4.69) is 32.0 Å². The third-order valence-corrected chi connectivity index (χ3v) is 7.28. The Hall–Kier alpha value is -3.26. The summed E-state index contributed by atoms with van der Waals surface area (Å²) in [5, 5.41) is 5.97. The minimum absolute atomic E-state index is 0.161. The molecule has 2 N–H and O–H groups in total. The molecule has 3 aliphatic rings. The van der Waals surface area contributed by atoms with Gasteiger partial charge in [-0.15, -0.1) is 0 Å². The smallest absolute Gasteiger partial charge is 0.269 e. The van der Waals surface area contributed by atoms with Crippen LogP contribution < -0.4 is 15.5 Å². The number of aliphatic imine (C=N–C) groups is 1. The minimum Gasteiger partial charge on any atom is -0.368 e. The predicted octanol–water partition coefficient (Wildman–Crippen LogP) is 3.48. The average molecular weight is 463 g/mol. The van der Waals surface area contributed by atoms with Gasteiger partial charge in [-0.05, 0) is 56.5 Å². The molecule has 5 rings (SSSR count). The Morgan fingerprint density at radius 1 is 1.18 bits per heavy atom. The summed E-state index contributed by atoms with van der Waals surface area (Å²) in [5.41, 5.74) is 4.70. The fraction of sp³-hybridized carbons (Fsp3) is 0.423. The number of amides is 1. The summed E-state index contributed by atoms with van der Waals surface area (Å²) in [5.74, 6) is 0.894. The third-order valence-electron chi connectivity index (χ3n) is 7.28. The van der Waals surface area contributed by atoms with Crippen molar-refractivity contribution in [2.75, 3.05) is 38.1 Å². The number of pyridine rings is 1. The monoisotopic (exact) mass is 462 g/mol. The summed E-state index contributed by atoms with van der Waals surface area (Å²) in [4.78, 5) is 26.1. The van der Waals surface area contributed by atoms with Crippen molar-refractivity contribution in [2.24, 2.45) is 10.9 Å². The van der Waals surface area contributed by atoms with Gasteiger partial charge in [0.05, 0.1) is 17.1 Å². The van der Waals surface area contributed by atoms with E-state index in [1.54, 1.807) is 19.2 Å². The van der Waals surface area contributed by atoms with E-state index < -0.39 is 0 Å². The largest absolute Gasteiger partial charge is 0.368 e. The lowest BCUT2D eigenvalue weighted by atomic mass is 10.0.